The second kappa shape index (κ2) is 7.28. The Morgan fingerprint density at radius 2 is 1.74 bits per heavy atom. The zero-order valence-corrected chi connectivity index (χ0v) is 12.2. The summed E-state index contributed by atoms with van der Waals surface area (Å²) < 4.78 is 25.9. The molecule has 0 radical (unpaired) electrons. The molecule has 0 spiro atoms. The van der Waals surface area contributed by atoms with Gasteiger partial charge in [0.25, 0.3) is 0 Å². The Hall–Kier alpha value is -1.36. The second-order valence-corrected chi connectivity index (χ2v) is 6.46. The molecule has 0 heterocycles. The highest BCUT2D eigenvalue weighted by molar-refractivity contribution is 7.90. The minimum Gasteiger partial charge on any atom is -0.274 e. The fourth-order valence-electron chi connectivity index (χ4n) is 1.92. The summed E-state index contributed by atoms with van der Waals surface area (Å²) in [4.78, 5) is 11.7. The maximum Gasteiger partial charge on any atom is 0.237 e. The van der Waals surface area contributed by atoms with Crippen molar-refractivity contribution in [1.82, 2.24) is 4.72 Å². The van der Waals surface area contributed by atoms with E-state index < -0.39 is 21.2 Å². The number of benzene rings is 1. The van der Waals surface area contributed by atoms with Crippen molar-refractivity contribution in [2.45, 2.75) is 44.8 Å². The van der Waals surface area contributed by atoms with E-state index in [4.69, 9.17) is 0 Å². The molecule has 4 nitrogen and oxygen atoms in total. The number of nitrogens with one attached hydrogen (secondary N) is 1. The van der Waals surface area contributed by atoms with Gasteiger partial charge in [-0.3, -0.25) is 9.52 Å². The van der Waals surface area contributed by atoms with Gasteiger partial charge in [0.1, 0.15) is 0 Å². The first-order valence-electron chi connectivity index (χ1n) is 6.58. The van der Waals surface area contributed by atoms with E-state index in [0.717, 1.165) is 5.56 Å². The van der Waals surface area contributed by atoms with Crippen molar-refractivity contribution in [3.63, 3.8) is 0 Å². The molecule has 0 bridgehead atoms. The van der Waals surface area contributed by atoms with Gasteiger partial charge in [0.15, 0.2) is 0 Å². The molecule has 0 fully saturated rings. The second-order valence-electron chi connectivity index (χ2n) is 4.49. The van der Waals surface area contributed by atoms with E-state index in [-0.39, 0.29) is 6.42 Å². The normalized spacial score (nSPS) is 11.5. The highest BCUT2D eigenvalue weighted by Gasteiger charge is 2.23. The molecule has 0 unspecified atom stereocenters. The van der Waals surface area contributed by atoms with Crippen LogP contribution in [0.2, 0.25) is 0 Å². The zero-order chi connectivity index (χ0) is 14.3. The van der Waals surface area contributed by atoms with Gasteiger partial charge in [-0.25, -0.2) is 8.42 Å². The molecule has 0 aliphatic carbocycles. The quantitative estimate of drug-likeness (QED) is 0.835. The van der Waals surface area contributed by atoms with Crippen molar-refractivity contribution in [2.75, 3.05) is 0 Å². The monoisotopic (exact) mass is 283 g/mol. The molecule has 5 heteroatoms. The Kier molecular flexibility index (Phi) is 6.02. The van der Waals surface area contributed by atoms with E-state index in [1.165, 1.54) is 0 Å². The van der Waals surface area contributed by atoms with E-state index in [9.17, 15) is 13.2 Å². The van der Waals surface area contributed by atoms with Crippen LogP contribution in [0.25, 0.3) is 0 Å². The van der Waals surface area contributed by atoms with Gasteiger partial charge in [-0.05, 0) is 24.8 Å². The standard InChI is InChI=1S/C14H21NO3S/c1-3-13(4-2)19(17,18)15-14(16)11-10-12-8-6-5-7-9-12/h5-9,13H,3-4,10-11H2,1-2H3,(H,15,16). The molecule has 1 aromatic rings. The van der Waals surface area contributed by atoms with Crippen LogP contribution >= 0.6 is 0 Å². The van der Waals surface area contributed by atoms with Gasteiger partial charge in [0, 0.05) is 6.42 Å². The maximum absolute atomic E-state index is 11.9. The van der Waals surface area contributed by atoms with Crippen molar-refractivity contribution in [3.05, 3.63) is 35.9 Å². The zero-order valence-electron chi connectivity index (χ0n) is 11.4. The highest BCUT2D eigenvalue weighted by atomic mass is 32.2. The summed E-state index contributed by atoms with van der Waals surface area (Å²) >= 11 is 0. The van der Waals surface area contributed by atoms with Gasteiger partial charge in [-0.2, -0.15) is 0 Å². The summed E-state index contributed by atoms with van der Waals surface area (Å²) in [6, 6.07) is 9.54. The molecule has 1 aromatic carbocycles. The highest BCUT2D eigenvalue weighted by Crippen LogP contribution is 2.09. The largest absolute Gasteiger partial charge is 0.274 e. The lowest BCUT2D eigenvalue weighted by Gasteiger charge is -2.14. The van der Waals surface area contributed by atoms with Crippen LogP contribution in [0.15, 0.2) is 30.3 Å². The SMILES string of the molecule is CCC(CC)S(=O)(=O)NC(=O)CCc1ccccc1. The van der Waals surface area contributed by atoms with E-state index in [1.807, 2.05) is 44.2 Å². The van der Waals surface area contributed by atoms with Crippen molar-refractivity contribution < 1.29 is 13.2 Å². The van der Waals surface area contributed by atoms with Crippen molar-refractivity contribution in [1.29, 1.82) is 0 Å². The third kappa shape index (κ3) is 5.03. The minimum absolute atomic E-state index is 0.184. The summed E-state index contributed by atoms with van der Waals surface area (Å²) in [5.41, 5.74) is 1.03. The molecule has 1 rings (SSSR count). The average molecular weight is 283 g/mol. The van der Waals surface area contributed by atoms with E-state index in [1.54, 1.807) is 0 Å². The fourth-order valence-corrected chi connectivity index (χ4v) is 3.39. The molecule has 0 saturated heterocycles. The van der Waals surface area contributed by atoms with Crippen molar-refractivity contribution >= 4 is 15.9 Å². The van der Waals surface area contributed by atoms with Crippen LogP contribution in [-0.4, -0.2) is 19.6 Å². The first-order chi connectivity index (χ1) is 8.99. The summed E-state index contributed by atoms with van der Waals surface area (Å²) in [7, 11) is -3.53. The summed E-state index contributed by atoms with van der Waals surface area (Å²) in [5, 5.41) is -0.492. The molecule has 0 aliphatic heterocycles. The van der Waals surface area contributed by atoms with Gasteiger partial charge in [0.2, 0.25) is 15.9 Å². The summed E-state index contributed by atoms with van der Waals surface area (Å²) in [6.07, 6.45) is 1.75. The summed E-state index contributed by atoms with van der Waals surface area (Å²) in [6.45, 7) is 3.61. The number of rotatable bonds is 7. The predicted octanol–water partition coefficient (Wildman–Crippen LogP) is 2.25. The van der Waals surface area contributed by atoms with Crippen molar-refractivity contribution in [2.24, 2.45) is 0 Å². The lowest BCUT2D eigenvalue weighted by atomic mass is 10.1. The van der Waals surface area contributed by atoms with Crippen molar-refractivity contribution in [3.8, 4) is 0 Å². The molecule has 0 saturated carbocycles. The van der Waals surface area contributed by atoms with E-state index in [0.29, 0.717) is 19.3 Å². The van der Waals surface area contributed by atoms with Gasteiger partial charge in [-0.1, -0.05) is 44.2 Å². The van der Waals surface area contributed by atoms with Gasteiger partial charge >= 0.3 is 0 Å². The molecular weight excluding hydrogens is 262 g/mol. The molecular formula is C14H21NO3S. The average Bonchev–Trinajstić information content (AvgIpc) is 2.38. The topological polar surface area (TPSA) is 63.2 Å². The summed E-state index contributed by atoms with van der Waals surface area (Å²) in [5.74, 6) is -0.434. The Balaban J connectivity index is 2.52. The van der Waals surface area contributed by atoms with Crippen LogP contribution in [-0.2, 0) is 21.2 Å². The molecule has 0 atom stereocenters. The molecule has 19 heavy (non-hydrogen) atoms. The lowest BCUT2D eigenvalue weighted by Crippen LogP contribution is -2.37. The number of hydrogen-bond donors (Lipinski definition) is 1. The Bertz CT molecular complexity index is 493. The third-order valence-electron chi connectivity index (χ3n) is 3.09. The van der Waals surface area contributed by atoms with Crippen LogP contribution in [0.5, 0.6) is 0 Å². The minimum atomic E-state index is -3.53. The molecule has 1 amide bonds. The van der Waals surface area contributed by atoms with Crippen LogP contribution in [0.4, 0.5) is 0 Å². The predicted molar refractivity (Wildman–Crippen MR) is 76.2 cm³/mol. The van der Waals surface area contributed by atoms with Crippen LogP contribution in [0.1, 0.15) is 38.7 Å². The van der Waals surface area contributed by atoms with Gasteiger partial charge < -0.3 is 0 Å². The van der Waals surface area contributed by atoms with Gasteiger partial charge in [-0.15, -0.1) is 0 Å². The van der Waals surface area contributed by atoms with Crippen LogP contribution < -0.4 is 4.72 Å². The number of carbonyl (C=O) groups excluding carboxylic acids is 1. The number of sulfonamides is 1. The third-order valence-corrected chi connectivity index (χ3v) is 5.15. The Morgan fingerprint density at radius 3 is 2.26 bits per heavy atom. The number of amides is 1. The molecule has 0 aromatic heterocycles. The number of carbonyl (C=O) groups is 1. The lowest BCUT2D eigenvalue weighted by molar-refractivity contribution is -0.119. The van der Waals surface area contributed by atoms with Gasteiger partial charge in [0.05, 0.1) is 5.25 Å². The van der Waals surface area contributed by atoms with Crippen LogP contribution in [0, 0.1) is 0 Å². The molecule has 1 N–H and O–H groups in total. The molecule has 0 aliphatic rings. The first kappa shape index (κ1) is 15.7. The van der Waals surface area contributed by atoms with Crippen LogP contribution in [0.3, 0.4) is 0 Å². The first-order valence-corrected chi connectivity index (χ1v) is 8.12. The van der Waals surface area contributed by atoms with E-state index >= 15 is 0 Å². The fraction of sp³-hybridized carbons (Fsp3) is 0.500. The number of hydrogen-bond acceptors (Lipinski definition) is 3. The molecule has 106 valence electrons. The Morgan fingerprint density at radius 1 is 1.16 bits per heavy atom. The van der Waals surface area contributed by atoms with E-state index in [2.05, 4.69) is 4.72 Å². The maximum atomic E-state index is 11.9. The Labute approximate surface area is 115 Å². The number of aryl methyl sites for hydroxylation is 1. The smallest absolute Gasteiger partial charge is 0.237 e.